The molecular formula is C16H22O2. The molecule has 0 aromatic heterocycles. The summed E-state index contributed by atoms with van der Waals surface area (Å²) in [6, 6.07) is 4.23. The van der Waals surface area contributed by atoms with Crippen LogP contribution in [0.5, 0.6) is 5.75 Å². The Labute approximate surface area is 109 Å². The number of aryl methyl sites for hydroxylation is 1. The summed E-state index contributed by atoms with van der Waals surface area (Å²) in [5, 5.41) is 0. The number of carbonyl (C=O) groups excluding carboxylic acids is 1. The first-order valence-electron chi connectivity index (χ1n) is 6.48. The van der Waals surface area contributed by atoms with Crippen molar-refractivity contribution in [2.24, 2.45) is 5.92 Å². The molecule has 1 aromatic carbocycles. The van der Waals surface area contributed by atoms with Gasteiger partial charge in [0, 0.05) is 0 Å². The minimum Gasteiger partial charge on any atom is -0.428 e. The molecule has 98 valence electrons. The summed E-state index contributed by atoms with van der Waals surface area (Å²) in [5.74, 6) is 1.23. The van der Waals surface area contributed by atoms with Crippen molar-refractivity contribution in [1.82, 2.24) is 0 Å². The van der Waals surface area contributed by atoms with Gasteiger partial charge in [-0.2, -0.15) is 0 Å². The number of hydrogen-bond donors (Lipinski definition) is 0. The molecule has 0 bridgehead atoms. The molecule has 0 radical (unpaired) electrons. The summed E-state index contributed by atoms with van der Waals surface area (Å²) in [7, 11) is 0. The predicted molar refractivity (Wildman–Crippen MR) is 73.1 cm³/mol. The van der Waals surface area contributed by atoms with Gasteiger partial charge >= 0.3 is 0 Å². The molecule has 2 nitrogen and oxygen atoms in total. The van der Waals surface area contributed by atoms with Crippen molar-refractivity contribution < 1.29 is 9.53 Å². The second-order valence-corrected chi connectivity index (χ2v) is 6.54. The van der Waals surface area contributed by atoms with E-state index in [9.17, 15) is 4.79 Å². The van der Waals surface area contributed by atoms with Gasteiger partial charge < -0.3 is 4.74 Å². The first kappa shape index (κ1) is 13.1. The number of hydrogen-bond acceptors (Lipinski definition) is 2. The van der Waals surface area contributed by atoms with Crippen LogP contribution in [0, 0.1) is 12.8 Å². The minimum atomic E-state index is 0.105. The molecule has 18 heavy (non-hydrogen) atoms. The van der Waals surface area contributed by atoms with Crippen molar-refractivity contribution in [3.05, 3.63) is 28.8 Å². The van der Waals surface area contributed by atoms with Gasteiger partial charge in [-0.3, -0.25) is 4.79 Å². The Morgan fingerprint density at radius 2 is 1.61 bits per heavy atom. The number of ether oxygens (including phenoxy) is 1. The van der Waals surface area contributed by atoms with E-state index in [1.165, 1.54) is 11.1 Å². The van der Waals surface area contributed by atoms with E-state index in [1.807, 2.05) is 13.0 Å². The first-order chi connectivity index (χ1) is 8.22. The number of carbonyl (C=O) groups is 1. The molecule has 1 aromatic rings. The lowest BCUT2D eigenvalue weighted by Crippen LogP contribution is -2.30. The number of fused-ring (bicyclic) bond motifs is 1. The van der Waals surface area contributed by atoms with Crippen LogP contribution in [0.25, 0.3) is 0 Å². The van der Waals surface area contributed by atoms with Crippen LogP contribution in [0.1, 0.15) is 51.3 Å². The molecule has 2 heteroatoms. The summed E-state index contributed by atoms with van der Waals surface area (Å²) >= 11 is 0. The largest absolute Gasteiger partial charge is 0.428 e. The number of rotatable bonds is 2. The zero-order valence-corrected chi connectivity index (χ0v) is 12.1. The van der Waals surface area contributed by atoms with E-state index in [0.29, 0.717) is 18.1 Å². The van der Waals surface area contributed by atoms with E-state index in [2.05, 4.69) is 40.7 Å². The topological polar surface area (TPSA) is 26.3 Å². The lowest BCUT2D eigenvalue weighted by atomic mass is 9.71. The fraction of sp³-hybridized carbons (Fsp3) is 0.562. The molecule has 0 spiro atoms. The van der Waals surface area contributed by atoms with Crippen LogP contribution in [-0.4, -0.2) is 6.47 Å². The smallest absolute Gasteiger partial charge is 0.298 e. The average Bonchev–Trinajstić information content (AvgIpc) is 2.40. The van der Waals surface area contributed by atoms with Crippen LogP contribution >= 0.6 is 0 Å². The third-order valence-corrected chi connectivity index (χ3v) is 5.04. The SMILES string of the molecule is Cc1cc2c(cc1OC=O)C(C)(C)C(C)C2(C)C. The van der Waals surface area contributed by atoms with E-state index in [4.69, 9.17) is 4.74 Å². The maximum atomic E-state index is 10.6. The zero-order valence-electron chi connectivity index (χ0n) is 12.1. The highest BCUT2D eigenvalue weighted by Gasteiger charge is 2.48. The molecular weight excluding hydrogens is 224 g/mol. The summed E-state index contributed by atoms with van der Waals surface area (Å²) in [6.45, 7) is 13.9. The van der Waals surface area contributed by atoms with Gasteiger partial charge in [0.05, 0.1) is 0 Å². The molecule has 0 N–H and O–H groups in total. The van der Waals surface area contributed by atoms with E-state index in [1.54, 1.807) is 0 Å². The van der Waals surface area contributed by atoms with Gasteiger partial charge in [-0.1, -0.05) is 40.7 Å². The third kappa shape index (κ3) is 1.58. The standard InChI is InChI=1S/C16H22O2/c1-10-7-12-13(8-14(10)18-9-17)16(5,6)11(2)15(12,3)4/h7-9,11H,1-6H3. The van der Waals surface area contributed by atoms with Gasteiger partial charge in [0.1, 0.15) is 5.75 Å². The third-order valence-electron chi connectivity index (χ3n) is 5.04. The Morgan fingerprint density at radius 3 is 2.11 bits per heavy atom. The van der Waals surface area contributed by atoms with E-state index in [-0.39, 0.29) is 10.8 Å². The molecule has 0 amide bonds. The molecule has 0 saturated heterocycles. The van der Waals surface area contributed by atoms with Crippen molar-refractivity contribution in [2.45, 2.75) is 52.4 Å². The minimum absolute atomic E-state index is 0.105. The van der Waals surface area contributed by atoms with Gasteiger partial charge in [0.25, 0.3) is 6.47 Å². The van der Waals surface area contributed by atoms with Crippen LogP contribution in [0.4, 0.5) is 0 Å². The lowest BCUT2D eigenvalue weighted by molar-refractivity contribution is -0.120. The fourth-order valence-electron chi connectivity index (χ4n) is 3.30. The van der Waals surface area contributed by atoms with E-state index in [0.717, 1.165) is 5.56 Å². The van der Waals surface area contributed by atoms with E-state index < -0.39 is 0 Å². The Bertz CT molecular complexity index is 498. The molecule has 2 rings (SSSR count). The van der Waals surface area contributed by atoms with Gasteiger partial charge in [0.15, 0.2) is 0 Å². The summed E-state index contributed by atoms with van der Waals surface area (Å²) in [6.07, 6.45) is 0. The maximum Gasteiger partial charge on any atom is 0.298 e. The highest BCUT2D eigenvalue weighted by atomic mass is 16.5. The second-order valence-electron chi connectivity index (χ2n) is 6.54. The Morgan fingerprint density at radius 1 is 1.11 bits per heavy atom. The van der Waals surface area contributed by atoms with Crippen molar-refractivity contribution in [3.8, 4) is 5.75 Å². The van der Waals surface area contributed by atoms with Crippen molar-refractivity contribution in [1.29, 1.82) is 0 Å². The maximum absolute atomic E-state index is 10.6. The van der Waals surface area contributed by atoms with Crippen molar-refractivity contribution in [2.75, 3.05) is 0 Å². The van der Waals surface area contributed by atoms with Crippen LogP contribution < -0.4 is 4.74 Å². The Kier molecular flexibility index (Phi) is 2.80. The molecule has 1 aliphatic rings. The van der Waals surface area contributed by atoms with Crippen LogP contribution in [0.2, 0.25) is 0 Å². The highest BCUT2D eigenvalue weighted by Crippen LogP contribution is 2.54. The van der Waals surface area contributed by atoms with Gasteiger partial charge in [-0.05, 0) is 46.4 Å². The molecule has 1 unspecified atom stereocenters. The quantitative estimate of drug-likeness (QED) is 0.743. The summed E-state index contributed by atoms with van der Waals surface area (Å²) in [4.78, 5) is 10.6. The zero-order chi connectivity index (χ0) is 13.7. The van der Waals surface area contributed by atoms with Gasteiger partial charge in [-0.25, -0.2) is 0 Å². The Hall–Kier alpha value is -1.31. The van der Waals surface area contributed by atoms with Gasteiger partial charge in [-0.15, -0.1) is 0 Å². The second kappa shape index (κ2) is 3.84. The average molecular weight is 246 g/mol. The fourth-order valence-corrected chi connectivity index (χ4v) is 3.30. The Balaban J connectivity index is 2.68. The molecule has 1 aliphatic carbocycles. The van der Waals surface area contributed by atoms with Crippen LogP contribution in [-0.2, 0) is 15.6 Å². The molecule has 1 atom stereocenters. The monoisotopic (exact) mass is 246 g/mol. The van der Waals surface area contributed by atoms with Crippen molar-refractivity contribution in [3.63, 3.8) is 0 Å². The predicted octanol–water partition coefficient (Wildman–Crippen LogP) is 3.74. The van der Waals surface area contributed by atoms with Gasteiger partial charge in [0.2, 0.25) is 0 Å². The number of benzene rings is 1. The summed E-state index contributed by atoms with van der Waals surface area (Å²) in [5.41, 5.74) is 3.98. The molecule has 0 heterocycles. The lowest BCUT2D eigenvalue weighted by Gasteiger charge is -2.32. The first-order valence-corrected chi connectivity index (χ1v) is 6.48. The summed E-state index contributed by atoms with van der Waals surface area (Å²) < 4.78 is 5.08. The molecule has 0 fully saturated rings. The molecule has 0 saturated carbocycles. The van der Waals surface area contributed by atoms with E-state index >= 15 is 0 Å². The highest BCUT2D eigenvalue weighted by molar-refractivity contribution is 5.56. The van der Waals surface area contributed by atoms with Crippen LogP contribution in [0.15, 0.2) is 12.1 Å². The van der Waals surface area contributed by atoms with Crippen LogP contribution in [0.3, 0.4) is 0 Å². The van der Waals surface area contributed by atoms with Crippen molar-refractivity contribution >= 4 is 6.47 Å². The molecule has 0 aliphatic heterocycles. The normalized spacial score (nSPS) is 23.6.